The van der Waals surface area contributed by atoms with E-state index in [2.05, 4.69) is 41.2 Å². The Labute approximate surface area is 196 Å². The van der Waals surface area contributed by atoms with E-state index in [4.69, 9.17) is 9.47 Å². The molecule has 1 unspecified atom stereocenters. The van der Waals surface area contributed by atoms with E-state index in [1.165, 1.54) is 21.8 Å². The van der Waals surface area contributed by atoms with E-state index in [0.717, 1.165) is 41.5 Å². The third kappa shape index (κ3) is 5.89. The Morgan fingerprint density at radius 2 is 2.10 bits per heavy atom. The van der Waals surface area contributed by atoms with Crippen LogP contribution in [-0.4, -0.2) is 25.1 Å². The predicted molar refractivity (Wildman–Crippen MR) is 129 cm³/mol. The van der Waals surface area contributed by atoms with Crippen molar-refractivity contribution in [3.8, 4) is 5.75 Å². The molecule has 168 valence electrons. The van der Waals surface area contributed by atoms with Crippen LogP contribution in [-0.2, 0) is 22.4 Å². The summed E-state index contributed by atoms with van der Waals surface area (Å²) in [5.74, 6) is 0.631. The predicted octanol–water partition coefficient (Wildman–Crippen LogP) is 6.49. The molecule has 1 atom stereocenters. The first kappa shape index (κ1) is 23.8. The maximum Gasteiger partial charge on any atom is 0.341 e. The zero-order valence-electron chi connectivity index (χ0n) is 18.4. The average Bonchev–Trinajstić information content (AvgIpc) is 3.11. The maximum atomic E-state index is 12.6. The largest absolute Gasteiger partial charge is 0.492 e. The van der Waals surface area contributed by atoms with Crippen LogP contribution in [0.4, 0.5) is 5.00 Å². The van der Waals surface area contributed by atoms with Crippen molar-refractivity contribution in [1.82, 2.24) is 0 Å². The Morgan fingerprint density at radius 3 is 2.81 bits per heavy atom. The molecule has 1 aliphatic rings. The molecule has 1 heterocycles. The molecule has 1 N–H and O–H groups in total. The minimum Gasteiger partial charge on any atom is -0.492 e. The Morgan fingerprint density at radius 1 is 1.29 bits per heavy atom. The maximum absolute atomic E-state index is 12.6. The molecule has 1 aromatic heterocycles. The number of benzene rings is 1. The number of hydrogen-bond donors (Lipinski definition) is 1. The molecule has 3 rings (SSSR count). The van der Waals surface area contributed by atoms with Crippen molar-refractivity contribution in [3.05, 3.63) is 44.2 Å². The lowest BCUT2D eigenvalue weighted by Gasteiger charge is -2.19. The van der Waals surface area contributed by atoms with Gasteiger partial charge in [-0.25, -0.2) is 4.79 Å². The summed E-state index contributed by atoms with van der Waals surface area (Å²) in [5, 5.41) is 3.59. The standard InChI is InChI=1S/C24H30BrNO4S/c1-4-16-11-12-18(17(25)14-16)30-13-7-10-20(27)26-23-22(24(28)29-5-2)21-15(3)8-6-9-19(21)31-23/h11-12,14-15H,4-10,13H2,1-3H3,(H,26,27). The summed E-state index contributed by atoms with van der Waals surface area (Å²) in [4.78, 5) is 26.4. The van der Waals surface area contributed by atoms with Crippen molar-refractivity contribution < 1.29 is 19.1 Å². The van der Waals surface area contributed by atoms with Gasteiger partial charge in [-0.2, -0.15) is 0 Å². The quantitative estimate of drug-likeness (QED) is 0.311. The molecule has 1 aliphatic carbocycles. The zero-order chi connectivity index (χ0) is 22.4. The van der Waals surface area contributed by atoms with Gasteiger partial charge in [-0.05, 0) is 84.1 Å². The van der Waals surface area contributed by atoms with E-state index < -0.39 is 0 Å². The third-order valence-electron chi connectivity index (χ3n) is 5.50. The summed E-state index contributed by atoms with van der Waals surface area (Å²) >= 11 is 5.05. The summed E-state index contributed by atoms with van der Waals surface area (Å²) in [5.41, 5.74) is 2.86. The molecule has 0 saturated carbocycles. The fourth-order valence-corrected chi connectivity index (χ4v) is 5.80. The molecule has 0 aliphatic heterocycles. The van der Waals surface area contributed by atoms with Crippen LogP contribution in [0.1, 0.15) is 78.7 Å². The van der Waals surface area contributed by atoms with Crippen molar-refractivity contribution in [2.75, 3.05) is 18.5 Å². The number of nitrogens with one attached hydrogen (secondary N) is 1. The number of thiophene rings is 1. The molecule has 1 amide bonds. The second-order valence-corrected chi connectivity index (χ2v) is 9.73. The first-order valence-electron chi connectivity index (χ1n) is 11.0. The van der Waals surface area contributed by atoms with Crippen LogP contribution in [0.5, 0.6) is 5.75 Å². The zero-order valence-corrected chi connectivity index (χ0v) is 20.8. The fraction of sp³-hybridized carbons (Fsp3) is 0.500. The van der Waals surface area contributed by atoms with Crippen molar-refractivity contribution in [2.45, 2.75) is 65.2 Å². The van der Waals surface area contributed by atoms with E-state index >= 15 is 0 Å². The van der Waals surface area contributed by atoms with Crippen LogP contribution in [0.2, 0.25) is 0 Å². The number of anilines is 1. The molecule has 0 spiro atoms. The van der Waals surface area contributed by atoms with Gasteiger partial charge in [-0.15, -0.1) is 11.3 Å². The molecule has 31 heavy (non-hydrogen) atoms. The number of carbonyl (C=O) groups is 2. The van der Waals surface area contributed by atoms with Gasteiger partial charge in [0.15, 0.2) is 0 Å². The first-order chi connectivity index (χ1) is 14.9. The molecule has 1 aromatic carbocycles. The van der Waals surface area contributed by atoms with Gasteiger partial charge in [0.1, 0.15) is 10.8 Å². The Kier molecular flexibility index (Phi) is 8.55. The monoisotopic (exact) mass is 507 g/mol. The van der Waals surface area contributed by atoms with Gasteiger partial charge in [0.25, 0.3) is 0 Å². The lowest BCUT2D eigenvalue weighted by Crippen LogP contribution is -2.17. The van der Waals surface area contributed by atoms with Gasteiger partial charge in [0.2, 0.25) is 5.91 Å². The lowest BCUT2D eigenvalue weighted by atomic mass is 9.86. The SMILES string of the molecule is CCOC(=O)c1c(NC(=O)CCCOc2ccc(CC)cc2Br)sc2c1C(C)CCC2. The van der Waals surface area contributed by atoms with Crippen molar-refractivity contribution >= 4 is 44.1 Å². The van der Waals surface area contributed by atoms with Crippen molar-refractivity contribution in [1.29, 1.82) is 0 Å². The summed E-state index contributed by atoms with van der Waals surface area (Å²) < 4.78 is 12.0. The molecular formula is C24H30BrNO4S. The first-order valence-corrected chi connectivity index (χ1v) is 12.6. The number of ether oxygens (including phenoxy) is 2. The molecule has 0 saturated heterocycles. The number of carbonyl (C=O) groups excluding carboxylic acids is 2. The Bertz CT molecular complexity index is 940. The van der Waals surface area contributed by atoms with Gasteiger partial charge in [-0.1, -0.05) is 19.9 Å². The van der Waals surface area contributed by atoms with Crippen LogP contribution in [0.25, 0.3) is 0 Å². The number of fused-ring (bicyclic) bond motifs is 1. The van der Waals surface area contributed by atoms with Gasteiger partial charge in [-0.3, -0.25) is 4.79 Å². The number of hydrogen-bond acceptors (Lipinski definition) is 5. The van der Waals surface area contributed by atoms with E-state index in [1.54, 1.807) is 6.92 Å². The normalized spacial score (nSPS) is 15.3. The number of rotatable bonds is 9. The highest BCUT2D eigenvalue weighted by molar-refractivity contribution is 9.10. The van der Waals surface area contributed by atoms with Gasteiger partial charge < -0.3 is 14.8 Å². The summed E-state index contributed by atoms with van der Waals surface area (Å²) in [7, 11) is 0. The van der Waals surface area contributed by atoms with Crippen LogP contribution in [0.3, 0.4) is 0 Å². The van der Waals surface area contributed by atoms with Gasteiger partial charge in [0, 0.05) is 11.3 Å². The average molecular weight is 508 g/mol. The number of halogens is 1. The van der Waals surface area contributed by atoms with E-state index in [-0.39, 0.29) is 11.9 Å². The number of esters is 1. The Balaban J connectivity index is 1.59. The number of aryl methyl sites for hydroxylation is 2. The van der Waals surface area contributed by atoms with Crippen LogP contribution in [0.15, 0.2) is 22.7 Å². The highest BCUT2D eigenvalue weighted by atomic mass is 79.9. The second kappa shape index (κ2) is 11.1. The third-order valence-corrected chi connectivity index (χ3v) is 7.30. The van der Waals surface area contributed by atoms with Crippen molar-refractivity contribution in [3.63, 3.8) is 0 Å². The number of amides is 1. The molecule has 0 radical (unpaired) electrons. The molecular weight excluding hydrogens is 478 g/mol. The molecule has 0 bridgehead atoms. The highest BCUT2D eigenvalue weighted by Gasteiger charge is 2.30. The van der Waals surface area contributed by atoms with Gasteiger partial charge in [0.05, 0.1) is 23.2 Å². The summed E-state index contributed by atoms with van der Waals surface area (Å²) in [6.07, 6.45) is 4.99. The molecule has 7 heteroatoms. The topological polar surface area (TPSA) is 64.6 Å². The summed E-state index contributed by atoms with van der Waals surface area (Å²) in [6.45, 7) is 6.81. The smallest absolute Gasteiger partial charge is 0.341 e. The second-order valence-electron chi connectivity index (χ2n) is 7.78. The van der Waals surface area contributed by atoms with Crippen LogP contribution >= 0.6 is 27.3 Å². The molecule has 5 nitrogen and oxygen atoms in total. The minimum absolute atomic E-state index is 0.110. The lowest BCUT2D eigenvalue weighted by molar-refractivity contribution is -0.116. The van der Waals surface area contributed by atoms with E-state index in [1.807, 2.05) is 12.1 Å². The van der Waals surface area contributed by atoms with Crippen molar-refractivity contribution in [2.24, 2.45) is 0 Å². The van der Waals surface area contributed by atoms with Crippen LogP contribution in [0, 0.1) is 0 Å². The minimum atomic E-state index is -0.340. The summed E-state index contributed by atoms with van der Waals surface area (Å²) in [6, 6.07) is 6.05. The van der Waals surface area contributed by atoms with E-state index in [0.29, 0.717) is 42.5 Å². The van der Waals surface area contributed by atoms with Gasteiger partial charge >= 0.3 is 5.97 Å². The molecule has 0 fully saturated rings. The van der Waals surface area contributed by atoms with Crippen LogP contribution < -0.4 is 10.1 Å². The van der Waals surface area contributed by atoms with E-state index in [9.17, 15) is 9.59 Å². The molecule has 2 aromatic rings. The Hall–Kier alpha value is -1.86. The fourth-order valence-electron chi connectivity index (χ4n) is 3.89. The highest BCUT2D eigenvalue weighted by Crippen LogP contribution is 2.43.